The highest BCUT2D eigenvalue weighted by Gasteiger charge is 2.53. The predicted octanol–water partition coefficient (Wildman–Crippen LogP) is 1.99. The molecule has 1 aliphatic heterocycles. The zero-order chi connectivity index (χ0) is 15.0. The summed E-state index contributed by atoms with van der Waals surface area (Å²) in [5.74, 6) is -1.87. The number of imide groups is 1. The van der Waals surface area contributed by atoms with E-state index in [1.54, 1.807) is 0 Å². The number of carbonyl (C=O) groups excluding carboxylic acids is 2. The number of hydrogen-bond donors (Lipinski definition) is 1. The van der Waals surface area contributed by atoms with E-state index < -0.39 is 11.4 Å². The van der Waals surface area contributed by atoms with Crippen LogP contribution in [0.5, 0.6) is 0 Å². The summed E-state index contributed by atoms with van der Waals surface area (Å²) in [4.78, 5) is 41.3. The van der Waals surface area contributed by atoms with Crippen LogP contribution in [0, 0.1) is 5.41 Å². The van der Waals surface area contributed by atoms with Gasteiger partial charge in [0.05, 0.1) is 5.41 Å². The number of aromatic carboxylic acids is 1. The number of pyridine rings is 1. The Kier molecular flexibility index (Phi) is 3.23. The van der Waals surface area contributed by atoms with Gasteiger partial charge in [-0.05, 0) is 25.0 Å². The first-order valence-electron chi connectivity index (χ1n) is 7.11. The standard InChI is InChI=1S/C15H16N2O4/c18-11-9-15(6-2-1-3-7-15)14(21)17(11)12-10(13(19)20)5-4-8-16-12/h4-5,8H,1-3,6-7,9H2,(H,19,20). The summed E-state index contributed by atoms with van der Waals surface area (Å²) in [7, 11) is 0. The molecule has 3 rings (SSSR count). The van der Waals surface area contributed by atoms with Gasteiger partial charge in [-0.15, -0.1) is 0 Å². The van der Waals surface area contributed by atoms with Crippen molar-refractivity contribution in [1.29, 1.82) is 0 Å². The Morgan fingerprint density at radius 1 is 1.24 bits per heavy atom. The second-order valence-electron chi connectivity index (χ2n) is 5.73. The van der Waals surface area contributed by atoms with Crippen molar-refractivity contribution in [3.8, 4) is 0 Å². The molecule has 6 nitrogen and oxygen atoms in total. The number of hydrogen-bond acceptors (Lipinski definition) is 4. The first kappa shape index (κ1) is 13.7. The smallest absolute Gasteiger partial charge is 0.339 e. The molecular weight excluding hydrogens is 272 g/mol. The van der Waals surface area contributed by atoms with Crippen molar-refractivity contribution in [2.24, 2.45) is 5.41 Å². The van der Waals surface area contributed by atoms with E-state index >= 15 is 0 Å². The maximum absolute atomic E-state index is 12.7. The minimum Gasteiger partial charge on any atom is -0.478 e. The van der Waals surface area contributed by atoms with Crippen LogP contribution in [-0.4, -0.2) is 27.9 Å². The molecule has 1 spiro atoms. The van der Waals surface area contributed by atoms with Gasteiger partial charge in [0.1, 0.15) is 5.56 Å². The van der Waals surface area contributed by atoms with Gasteiger partial charge in [-0.25, -0.2) is 14.7 Å². The first-order chi connectivity index (χ1) is 10.1. The molecule has 2 amide bonds. The number of aromatic nitrogens is 1. The Hall–Kier alpha value is -2.24. The Balaban J connectivity index is 2.02. The number of carboxylic acid groups (broad SMARTS) is 1. The third-order valence-corrected chi connectivity index (χ3v) is 4.44. The van der Waals surface area contributed by atoms with Crippen LogP contribution in [0.2, 0.25) is 0 Å². The Morgan fingerprint density at radius 2 is 1.95 bits per heavy atom. The van der Waals surface area contributed by atoms with Gasteiger partial charge in [-0.1, -0.05) is 19.3 Å². The number of rotatable bonds is 2. The second-order valence-corrected chi connectivity index (χ2v) is 5.73. The van der Waals surface area contributed by atoms with Crippen LogP contribution in [0.4, 0.5) is 5.82 Å². The fourth-order valence-electron chi connectivity index (χ4n) is 3.37. The van der Waals surface area contributed by atoms with Crippen LogP contribution in [0.3, 0.4) is 0 Å². The van der Waals surface area contributed by atoms with E-state index in [9.17, 15) is 19.5 Å². The van der Waals surface area contributed by atoms with E-state index in [2.05, 4.69) is 4.98 Å². The van der Waals surface area contributed by atoms with Crippen molar-refractivity contribution in [3.05, 3.63) is 23.9 Å². The van der Waals surface area contributed by atoms with Crippen LogP contribution in [0.1, 0.15) is 48.9 Å². The lowest BCUT2D eigenvalue weighted by atomic mass is 9.73. The molecule has 21 heavy (non-hydrogen) atoms. The Labute approximate surface area is 121 Å². The monoisotopic (exact) mass is 288 g/mol. The molecule has 1 aromatic heterocycles. The molecule has 1 aliphatic carbocycles. The highest BCUT2D eigenvalue weighted by atomic mass is 16.4. The maximum Gasteiger partial charge on any atom is 0.339 e. The minimum atomic E-state index is -1.19. The van der Waals surface area contributed by atoms with Gasteiger partial charge in [0.2, 0.25) is 11.8 Å². The molecular formula is C15H16N2O4. The van der Waals surface area contributed by atoms with Crippen molar-refractivity contribution >= 4 is 23.6 Å². The van der Waals surface area contributed by atoms with Gasteiger partial charge in [-0.3, -0.25) is 9.59 Å². The minimum absolute atomic E-state index is 0.0533. The number of amides is 2. The van der Waals surface area contributed by atoms with E-state index in [1.165, 1.54) is 18.3 Å². The molecule has 2 fully saturated rings. The van der Waals surface area contributed by atoms with Crippen LogP contribution in [0.25, 0.3) is 0 Å². The van der Waals surface area contributed by atoms with Crippen LogP contribution < -0.4 is 4.90 Å². The number of nitrogens with zero attached hydrogens (tertiary/aromatic N) is 2. The summed E-state index contributed by atoms with van der Waals surface area (Å²) in [6.07, 6.45) is 5.90. The second kappa shape index (κ2) is 4.95. The van der Waals surface area contributed by atoms with E-state index in [0.29, 0.717) is 12.8 Å². The lowest BCUT2D eigenvalue weighted by molar-refractivity contribution is -0.127. The van der Waals surface area contributed by atoms with E-state index in [4.69, 9.17) is 0 Å². The number of carboxylic acids is 1. The molecule has 1 saturated carbocycles. The maximum atomic E-state index is 12.7. The first-order valence-corrected chi connectivity index (χ1v) is 7.11. The molecule has 0 unspecified atom stereocenters. The summed E-state index contributed by atoms with van der Waals surface area (Å²) in [6, 6.07) is 2.84. The summed E-state index contributed by atoms with van der Waals surface area (Å²) in [5.41, 5.74) is -0.755. The summed E-state index contributed by atoms with van der Waals surface area (Å²) >= 11 is 0. The molecule has 110 valence electrons. The van der Waals surface area contributed by atoms with Crippen molar-refractivity contribution in [1.82, 2.24) is 4.98 Å². The molecule has 1 N–H and O–H groups in total. The van der Waals surface area contributed by atoms with E-state index in [0.717, 1.165) is 24.2 Å². The zero-order valence-electron chi connectivity index (χ0n) is 11.5. The Bertz CT molecular complexity index is 620. The summed E-state index contributed by atoms with van der Waals surface area (Å²) in [6.45, 7) is 0. The van der Waals surface area contributed by atoms with Crippen molar-refractivity contribution in [2.45, 2.75) is 38.5 Å². The van der Waals surface area contributed by atoms with Gasteiger partial charge in [0.15, 0.2) is 5.82 Å². The number of carbonyl (C=O) groups is 3. The molecule has 6 heteroatoms. The molecule has 1 saturated heterocycles. The van der Waals surface area contributed by atoms with Crippen molar-refractivity contribution in [2.75, 3.05) is 4.90 Å². The fraction of sp³-hybridized carbons (Fsp3) is 0.467. The van der Waals surface area contributed by atoms with Crippen LogP contribution in [-0.2, 0) is 9.59 Å². The van der Waals surface area contributed by atoms with Crippen molar-refractivity contribution in [3.63, 3.8) is 0 Å². The van der Waals surface area contributed by atoms with E-state index in [-0.39, 0.29) is 29.6 Å². The van der Waals surface area contributed by atoms with Crippen molar-refractivity contribution < 1.29 is 19.5 Å². The lowest BCUT2D eigenvalue weighted by Crippen LogP contribution is -2.38. The van der Waals surface area contributed by atoms with E-state index in [1.807, 2.05) is 0 Å². The fourth-order valence-corrected chi connectivity index (χ4v) is 3.37. The number of anilines is 1. The summed E-state index contributed by atoms with van der Waals surface area (Å²) < 4.78 is 0. The highest BCUT2D eigenvalue weighted by molar-refractivity contribution is 6.23. The third-order valence-electron chi connectivity index (χ3n) is 4.44. The van der Waals surface area contributed by atoms with Gasteiger partial charge in [-0.2, -0.15) is 0 Å². The molecule has 0 atom stereocenters. The quantitative estimate of drug-likeness (QED) is 0.841. The van der Waals surface area contributed by atoms with Gasteiger partial charge < -0.3 is 5.11 Å². The van der Waals surface area contributed by atoms with Gasteiger partial charge >= 0.3 is 5.97 Å². The average molecular weight is 288 g/mol. The van der Waals surface area contributed by atoms with Gasteiger partial charge in [0, 0.05) is 12.6 Å². The van der Waals surface area contributed by atoms with Crippen LogP contribution >= 0.6 is 0 Å². The average Bonchev–Trinajstić information content (AvgIpc) is 2.70. The SMILES string of the molecule is O=C(O)c1cccnc1N1C(=O)CC2(CCCCC2)C1=O. The summed E-state index contributed by atoms with van der Waals surface area (Å²) in [5, 5.41) is 9.21. The predicted molar refractivity (Wildman–Crippen MR) is 73.8 cm³/mol. The Morgan fingerprint density at radius 3 is 2.62 bits per heavy atom. The van der Waals surface area contributed by atoms with Crippen LogP contribution in [0.15, 0.2) is 18.3 Å². The highest BCUT2D eigenvalue weighted by Crippen LogP contribution is 2.46. The normalized spacial score (nSPS) is 21.0. The molecule has 2 heterocycles. The lowest BCUT2D eigenvalue weighted by Gasteiger charge is -2.30. The molecule has 0 aromatic carbocycles. The molecule has 2 aliphatic rings. The molecule has 1 aromatic rings. The topological polar surface area (TPSA) is 87.6 Å². The molecule has 0 radical (unpaired) electrons. The molecule has 0 bridgehead atoms. The third kappa shape index (κ3) is 2.11. The largest absolute Gasteiger partial charge is 0.478 e. The zero-order valence-corrected chi connectivity index (χ0v) is 11.5. The van der Waals surface area contributed by atoms with Gasteiger partial charge in [0.25, 0.3) is 0 Å².